The Morgan fingerprint density at radius 1 is 1.33 bits per heavy atom. The lowest BCUT2D eigenvalue weighted by Crippen LogP contribution is -2.40. The van der Waals surface area contributed by atoms with E-state index in [0.717, 1.165) is 24.3 Å². The average molecular weight is 321 g/mol. The SMILES string of the molecule is CCC(C)(CNS(=O)(=O)c1ccc(C(F)F)cc1)C(=O)O. The van der Waals surface area contributed by atoms with Gasteiger partial charge in [-0.05, 0) is 25.5 Å². The number of nitrogens with one attached hydrogen (secondary N) is 1. The molecule has 0 fully saturated rings. The summed E-state index contributed by atoms with van der Waals surface area (Å²) in [4.78, 5) is 10.9. The van der Waals surface area contributed by atoms with Crippen LogP contribution in [0.25, 0.3) is 0 Å². The number of hydrogen-bond donors (Lipinski definition) is 2. The van der Waals surface area contributed by atoms with E-state index in [4.69, 9.17) is 5.11 Å². The second-order valence-corrected chi connectivity index (χ2v) is 6.68. The standard InChI is InChI=1S/C13H17F2NO4S/c1-3-13(2,12(17)18)8-16-21(19,20)10-6-4-9(5-7-10)11(14)15/h4-7,11,16H,3,8H2,1-2H3,(H,17,18). The molecule has 0 aromatic heterocycles. The third kappa shape index (κ3) is 4.21. The number of halogens is 2. The highest BCUT2D eigenvalue weighted by atomic mass is 32.2. The molecule has 0 aliphatic rings. The Balaban J connectivity index is 2.89. The van der Waals surface area contributed by atoms with Crippen molar-refractivity contribution < 1.29 is 27.1 Å². The molecule has 2 N–H and O–H groups in total. The summed E-state index contributed by atoms with van der Waals surface area (Å²) < 4.78 is 51.0. The van der Waals surface area contributed by atoms with Crippen LogP contribution < -0.4 is 4.72 Å². The van der Waals surface area contributed by atoms with Gasteiger partial charge in [0.1, 0.15) is 0 Å². The van der Waals surface area contributed by atoms with Gasteiger partial charge in [0.2, 0.25) is 10.0 Å². The number of aliphatic carboxylic acids is 1. The van der Waals surface area contributed by atoms with E-state index in [1.807, 2.05) is 0 Å². The zero-order valence-corrected chi connectivity index (χ0v) is 12.5. The fourth-order valence-electron chi connectivity index (χ4n) is 1.48. The van der Waals surface area contributed by atoms with Crippen molar-refractivity contribution in [3.63, 3.8) is 0 Å². The monoisotopic (exact) mass is 321 g/mol. The summed E-state index contributed by atoms with van der Waals surface area (Å²) in [7, 11) is -3.94. The van der Waals surface area contributed by atoms with Gasteiger partial charge in [0.15, 0.2) is 0 Å². The first-order valence-corrected chi connectivity index (χ1v) is 7.72. The van der Waals surface area contributed by atoms with Crippen molar-refractivity contribution >= 4 is 16.0 Å². The number of carboxylic acid groups (broad SMARTS) is 1. The zero-order valence-electron chi connectivity index (χ0n) is 11.6. The Hall–Kier alpha value is -1.54. The number of alkyl halides is 2. The Bertz CT molecular complexity index is 601. The van der Waals surface area contributed by atoms with Crippen LogP contribution in [0.15, 0.2) is 29.2 Å². The second-order valence-electron chi connectivity index (χ2n) is 4.91. The van der Waals surface area contributed by atoms with Gasteiger partial charge in [-0.1, -0.05) is 19.1 Å². The molecule has 0 aliphatic carbocycles. The van der Waals surface area contributed by atoms with Gasteiger partial charge in [0.05, 0.1) is 10.3 Å². The molecule has 21 heavy (non-hydrogen) atoms. The lowest BCUT2D eigenvalue weighted by atomic mass is 9.88. The van der Waals surface area contributed by atoms with Gasteiger partial charge in [0.25, 0.3) is 6.43 Å². The minimum atomic E-state index is -3.94. The molecule has 1 aromatic rings. The van der Waals surface area contributed by atoms with Crippen molar-refractivity contribution in [2.24, 2.45) is 5.41 Å². The van der Waals surface area contributed by atoms with Crippen molar-refractivity contribution in [3.05, 3.63) is 29.8 Å². The topological polar surface area (TPSA) is 83.5 Å². The van der Waals surface area contributed by atoms with Crippen molar-refractivity contribution in [3.8, 4) is 0 Å². The highest BCUT2D eigenvalue weighted by molar-refractivity contribution is 7.89. The van der Waals surface area contributed by atoms with E-state index in [0.29, 0.717) is 0 Å². The van der Waals surface area contributed by atoms with Crippen LogP contribution in [0.5, 0.6) is 0 Å². The smallest absolute Gasteiger partial charge is 0.310 e. The first kappa shape index (κ1) is 17.5. The minimum absolute atomic E-state index is 0.184. The molecule has 0 aliphatic heterocycles. The summed E-state index contributed by atoms with van der Waals surface area (Å²) in [5, 5.41) is 9.08. The van der Waals surface area contributed by atoms with E-state index >= 15 is 0 Å². The van der Waals surface area contributed by atoms with Gasteiger partial charge in [0, 0.05) is 12.1 Å². The molecular weight excluding hydrogens is 304 g/mol. The molecule has 1 rings (SSSR count). The minimum Gasteiger partial charge on any atom is -0.481 e. The molecule has 118 valence electrons. The molecule has 0 saturated carbocycles. The number of hydrogen-bond acceptors (Lipinski definition) is 3. The fraction of sp³-hybridized carbons (Fsp3) is 0.462. The van der Waals surface area contributed by atoms with Gasteiger partial charge in [-0.15, -0.1) is 0 Å². The van der Waals surface area contributed by atoms with E-state index in [-0.39, 0.29) is 23.4 Å². The summed E-state index contributed by atoms with van der Waals surface area (Å²) in [6.07, 6.45) is -2.43. The van der Waals surface area contributed by atoms with Gasteiger partial charge in [-0.3, -0.25) is 4.79 Å². The number of sulfonamides is 1. The van der Waals surface area contributed by atoms with Crippen molar-refractivity contribution in [1.29, 1.82) is 0 Å². The number of benzene rings is 1. The quantitative estimate of drug-likeness (QED) is 0.808. The molecule has 8 heteroatoms. The van der Waals surface area contributed by atoms with Crippen LogP contribution in [0.1, 0.15) is 32.3 Å². The van der Waals surface area contributed by atoms with Crippen LogP contribution in [0.4, 0.5) is 8.78 Å². The maximum Gasteiger partial charge on any atom is 0.310 e. The average Bonchev–Trinajstić information content (AvgIpc) is 2.44. The van der Waals surface area contributed by atoms with E-state index in [2.05, 4.69) is 4.72 Å². The lowest BCUT2D eigenvalue weighted by Gasteiger charge is -2.23. The number of rotatable bonds is 7. The third-order valence-electron chi connectivity index (χ3n) is 3.39. The van der Waals surface area contributed by atoms with E-state index in [1.54, 1.807) is 6.92 Å². The predicted molar refractivity (Wildman–Crippen MR) is 72.6 cm³/mol. The summed E-state index contributed by atoms with van der Waals surface area (Å²) >= 11 is 0. The van der Waals surface area contributed by atoms with Gasteiger partial charge < -0.3 is 5.11 Å². The second kappa shape index (κ2) is 6.48. The third-order valence-corrected chi connectivity index (χ3v) is 4.81. The molecule has 0 heterocycles. The van der Waals surface area contributed by atoms with Crippen LogP contribution in [-0.4, -0.2) is 26.0 Å². The Labute approximate surface area is 122 Å². The van der Waals surface area contributed by atoms with Gasteiger partial charge in [-0.2, -0.15) is 0 Å². The summed E-state index contributed by atoms with van der Waals surface area (Å²) in [5.74, 6) is -1.11. The molecular formula is C13H17F2NO4S. The van der Waals surface area contributed by atoms with Crippen molar-refractivity contribution in [2.75, 3.05) is 6.54 Å². The molecule has 5 nitrogen and oxygen atoms in total. The van der Waals surface area contributed by atoms with E-state index < -0.39 is 27.8 Å². The zero-order chi connectivity index (χ0) is 16.3. The molecule has 1 atom stereocenters. The van der Waals surface area contributed by atoms with Crippen LogP contribution in [0.3, 0.4) is 0 Å². The number of carbonyl (C=O) groups is 1. The van der Waals surface area contributed by atoms with E-state index in [1.165, 1.54) is 6.92 Å². The maximum atomic E-state index is 12.4. The summed E-state index contributed by atoms with van der Waals surface area (Å²) in [6, 6.07) is 4.17. The Morgan fingerprint density at radius 2 is 1.86 bits per heavy atom. The van der Waals surface area contributed by atoms with Crippen LogP contribution in [0.2, 0.25) is 0 Å². The molecule has 1 unspecified atom stereocenters. The largest absolute Gasteiger partial charge is 0.481 e. The summed E-state index contributed by atoms with van der Waals surface area (Å²) in [6.45, 7) is 2.79. The maximum absolute atomic E-state index is 12.4. The van der Waals surface area contributed by atoms with Gasteiger partial charge in [-0.25, -0.2) is 21.9 Å². The molecule has 0 amide bonds. The van der Waals surface area contributed by atoms with Crippen LogP contribution in [-0.2, 0) is 14.8 Å². The van der Waals surface area contributed by atoms with Crippen LogP contribution in [0, 0.1) is 5.41 Å². The molecule has 1 aromatic carbocycles. The predicted octanol–water partition coefficient (Wildman–Crippen LogP) is 2.40. The normalized spacial score (nSPS) is 14.9. The first-order chi connectivity index (χ1) is 9.62. The molecule has 0 radical (unpaired) electrons. The fourth-order valence-corrected chi connectivity index (χ4v) is 2.65. The lowest BCUT2D eigenvalue weighted by molar-refractivity contribution is -0.147. The van der Waals surface area contributed by atoms with E-state index in [9.17, 15) is 22.0 Å². The summed E-state index contributed by atoms with van der Waals surface area (Å²) in [5.41, 5.74) is -1.51. The highest BCUT2D eigenvalue weighted by Gasteiger charge is 2.32. The Morgan fingerprint density at radius 3 is 2.24 bits per heavy atom. The van der Waals surface area contributed by atoms with Gasteiger partial charge >= 0.3 is 5.97 Å². The van der Waals surface area contributed by atoms with Crippen molar-refractivity contribution in [2.45, 2.75) is 31.6 Å². The Kier molecular flexibility index (Phi) is 5.41. The van der Waals surface area contributed by atoms with Crippen LogP contribution >= 0.6 is 0 Å². The highest BCUT2D eigenvalue weighted by Crippen LogP contribution is 2.23. The van der Waals surface area contributed by atoms with Crippen molar-refractivity contribution in [1.82, 2.24) is 4.72 Å². The molecule has 0 saturated heterocycles. The molecule has 0 spiro atoms. The first-order valence-electron chi connectivity index (χ1n) is 6.23. The molecule has 0 bridgehead atoms. The number of carboxylic acids is 1.